The zero-order chi connectivity index (χ0) is 21.3. The van der Waals surface area contributed by atoms with Crippen molar-refractivity contribution in [2.75, 3.05) is 16.2 Å². The van der Waals surface area contributed by atoms with Gasteiger partial charge in [0, 0.05) is 26.6 Å². The van der Waals surface area contributed by atoms with Crippen molar-refractivity contribution in [2.45, 2.75) is 0 Å². The Hall–Kier alpha value is -2.39. The highest BCUT2D eigenvalue weighted by Crippen LogP contribution is 2.52. The van der Waals surface area contributed by atoms with Crippen LogP contribution in [0.3, 0.4) is 0 Å². The molecule has 1 heterocycles. The number of anilines is 3. The molecule has 0 saturated carbocycles. The Labute approximate surface area is 184 Å². The molecule has 0 aliphatic carbocycles. The minimum absolute atomic E-state index is 0.198. The lowest BCUT2D eigenvalue weighted by Crippen LogP contribution is -2.18. The zero-order valence-electron chi connectivity index (χ0n) is 16.0. The molecule has 154 valence electrons. The van der Waals surface area contributed by atoms with Crippen LogP contribution in [0.4, 0.5) is 17.1 Å². The minimum Gasteiger partial charge on any atom is -0.508 e. The SMILES string of the molecule is CSC(SCS(=O)(=O)O)=C1c2ccccc2N(c2ccc(O)cc2)c2ccccc21. The van der Waals surface area contributed by atoms with Gasteiger partial charge in [0.05, 0.1) is 11.4 Å². The summed E-state index contributed by atoms with van der Waals surface area (Å²) in [5.41, 5.74) is 5.69. The largest absolute Gasteiger partial charge is 0.508 e. The quantitative estimate of drug-likeness (QED) is 0.365. The maximum absolute atomic E-state index is 11.4. The average molecular weight is 458 g/mol. The van der Waals surface area contributed by atoms with E-state index < -0.39 is 15.2 Å². The number of fused-ring (bicyclic) bond motifs is 2. The summed E-state index contributed by atoms with van der Waals surface area (Å²) in [7, 11) is -4.10. The van der Waals surface area contributed by atoms with E-state index in [1.54, 1.807) is 12.1 Å². The molecule has 0 amide bonds. The molecule has 4 rings (SSSR count). The maximum Gasteiger partial charge on any atom is 0.274 e. The predicted octanol–water partition coefficient (Wildman–Crippen LogP) is 5.83. The van der Waals surface area contributed by atoms with Crippen molar-refractivity contribution in [1.29, 1.82) is 0 Å². The summed E-state index contributed by atoms with van der Waals surface area (Å²) in [4.78, 5) is 2.12. The molecular formula is C22H19NO4S3. The van der Waals surface area contributed by atoms with Crippen LogP contribution in [0, 0.1) is 0 Å². The van der Waals surface area contributed by atoms with Gasteiger partial charge in [0.15, 0.2) is 0 Å². The number of thioether (sulfide) groups is 2. The number of aromatic hydroxyl groups is 1. The highest BCUT2D eigenvalue weighted by molar-refractivity contribution is 8.25. The van der Waals surface area contributed by atoms with Crippen molar-refractivity contribution in [3.63, 3.8) is 0 Å². The van der Waals surface area contributed by atoms with E-state index >= 15 is 0 Å². The van der Waals surface area contributed by atoms with Crippen molar-refractivity contribution >= 4 is 56.3 Å². The third kappa shape index (κ3) is 4.09. The number of benzene rings is 3. The van der Waals surface area contributed by atoms with E-state index in [4.69, 9.17) is 0 Å². The van der Waals surface area contributed by atoms with Gasteiger partial charge in [0.1, 0.15) is 10.8 Å². The first-order chi connectivity index (χ1) is 14.4. The van der Waals surface area contributed by atoms with E-state index in [2.05, 4.69) is 4.90 Å². The van der Waals surface area contributed by atoms with Crippen LogP contribution >= 0.6 is 23.5 Å². The van der Waals surface area contributed by atoms with Crippen LogP contribution in [0.15, 0.2) is 77.0 Å². The molecule has 0 aromatic heterocycles. The molecule has 0 unspecified atom stereocenters. The molecule has 2 N–H and O–H groups in total. The van der Waals surface area contributed by atoms with Gasteiger partial charge < -0.3 is 10.0 Å². The van der Waals surface area contributed by atoms with E-state index in [1.165, 1.54) is 11.8 Å². The second-order valence-electron chi connectivity index (χ2n) is 6.60. The van der Waals surface area contributed by atoms with Gasteiger partial charge in [-0.2, -0.15) is 8.42 Å². The Bertz CT molecular complexity index is 1170. The highest BCUT2D eigenvalue weighted by atomic mass is 32.3. The molecule has 5 nitrogen and oxygen atoms in total. The van der Waals surface area contributed by atoms with Gasteiger partial charge in [-0.05, 0) is 42.7 Å². The molecule has 3 aromatic rings. The van der Waals surface area contributed by atoms with Crippen LogP contribution in [-0.2, 0) is 10.1 Å². The van der Waals surface area contributed by atoms with Crippen LogP contribution in [0.1, 0.15) is 11.1 Å². The second-order valence-corrected chi connectivity index (χ2v) is 10.5. The standard InChI is InChI=1S/C22H19NO4S3/c1-28-22(29-14-30(25,26)27)21-17-6-2-4-8-19(17)23(15-10-12-16(24)13-11-15)20-9-5-3-7-18(20)21/h2-13,24H,14H2,1H3,(H,25,26,27). The van der Waals surface area contributed by atoms with E-state index in [1.807, 2.05) is 66.9 Å². The van der Waals surface area contributed by atoms with Crippen molar-refractivity contribution in [3.05, 3.63) is 88.2 Å². The third-order valence-electron chi connectivity index (χ3n) is 4.66. The van der Waals surface area contributed by atoms with Crippen LogP contribution in [0.2, 0.25) is 0 Å². The third-order valence-corrected chi connectivity index (χ3v) is 8.22. The summed E-state index contributed by atoms with van der Waals surface area (Å²) in [6, 6.07) is 22.9. The molecule has 1 aliphatic heterocycles. The zero-order valence-corrected chi connectivity index (χ0v) is 18.5. The number of hydrogen-bond donors (Lipinski definition) is 2. The summed E-state index contributed by atoms with van der Waals surface area (Å²) < 4.78 is 32.8. The molecule has 8 heteroatoms. The topological polar surface area (TPSA) is 77.8 Å². The van der Waals surface area contributed by atoms with Gasteiger partial charge in [-0.25, -0.2) is 0 Å². The number of nitrogens with zero attached hydrogens (tertiary/aromatic N) is 1. The van der Waals surface area contributed by atoms with E-state index in [9.17, 15) is 18.1 Å². The summed E-state index contributed by atoms with van der Waals surface area (Å²) in [6.45, 7) is 0. The summed E-state index contributed by atoms with van der Waals surface area (Å²) in [5.74, 6) is 0.198. The summed E-state index contributed by atoms with van der Waals surface area (Å²) in [5, 5.41) is 9.31. The Morgan fingerprint density at radius 2 is 1.43 bits per heavy atom. The monoisotopic (exact) mass is 457 g/mol. The number of hydrogen-bond acceptors (Lipinski definition) is 6. The Kier molecular flexibility index (Phi) is 5.84. The van der Waals surface area contributed by atoms with Crippen molar-refractivity contribution in [2.24, 2.45) is 0 Å². The van der Waals surface area contributed by atoms with Gasteiger partial charge in [-0.3, -0.25) is 4.55 Å². The average Bonchev–Trinajstić information content (AvgIpc) is 2.73. The van der Waals surface area contributed by atoms with Crippen LogP contribution in [0.25, 0.3) is 5.57 Å². The van der Waals surface area contributed by atoms with E-state index in [0.717, 1.165) is 49.8 Å². The van der Waals surface area contributed by atoms with Gasteiger partial charge in [0.2, 0.25) is 0 Å². The van der Waals surface area contributed by atoms with Crippen LogP contribution in [0.5, 0.6) is 5.75 Å². The van der Waals surface area contributed by atoms with Crippen molar-refractivity contribution < 1.29 is 18.1 Å². The first-order valence-electron chi connectivity index (χ1n) is 9.03. The smallest absolute Gasteiger partial charge is 0.274 e. The highest BCUT2D eigenvalue weighted by Gasteiger charge is 2.29. The first kappa shape index (κ1) is 20.9. The summed E-state index contributed by atoms with van der Waals surface area (Å²) in [6.07, 6.45) is 1.90. The Balaban J connectivity index is 1.96. The fraction of sp³-hybridized carbons (Fsp3) is 0.0909. The number of para-hydroxylation sites is 2. The molecule has 0 atom stereocenters. The molecule has 0 spiro atoms. The molecule has 0 bridgehead atoms. The van der Waals surface area contributed by atoms with Gasteiger partial charge in [-0.1, -0.05) is 48.2 Å². The van der Waals surface area contributed by atoms with Gasteiger partial charge in [0.25, 0.3) is 10.1 Å². The normalized spacial score (nSPS) is 13.0. The lowest BCUT2D eigenvalue weighted by atomic mass is 9.91. The summed E-state index contributed by atoms with van der Waals surface area (Å²) >= 11 is 2.57. The second kappa shape index (κ2) is 8.39. The molecule has 0 saturated heterocycles. The molecule has 0 radical (unpaired) electrons. The molecular weight excluding hydrogens is 438 g/mol. The van der Waals surface area contributed by atoms with E-state index in [0.29, 0.717) is 0 Å². The fourth-order valence-electron chi connectivity index (χ4n) is 3.50. The van der Waals surface area contributed by atoms with Gasteiger partial charge in [-0.15, -0.1) is 11.8 Å². The molecule has 1 aliphatic rings. The lowest BCUT2D eigenvalue weighted by molar-refractivity contribution is 0.475. The predicted molar refractivity (Wildman–Crippen MR) is 126 cm³/mol. The lowest BCUT2D eigenvalue weighted by Gasteiger charge is -2.35. The van der Waals surface area contributed by atoms with E-state index in [-0.39, 0.29) is 5.75 Å². The molecule has 0 fully saturated rings. The Morgan fingerprint density at radius 1 is 0.900 bits per heavy atom. The van der Waals surface area contributed by atoms with Gasteiger partial charge >= 0.3 is 0 Å². The van der Waals surface area contributed by atoms with Crippen LogP contribution < -0.4 is 4.90 Å². The maximum atomic E-state index is 11.4. The number of rotatable bonds is 5. The molecule has 3 aromatic carbocycles. The molecule has 30 heavy (non-hydrogen) atoms. The number of phenolic OH excluding ortho intramolecular Hbond substituents is 1. The Morgan fingerprint density at radius 3 is 1.93 bits per heavy atom. The van der Waals surface area contributed by atoms with Crippen LogP contribution in [-0.4, -0.2) is 29.4 Å². The van der Waals surface area contributed by atoms with Crippen molar-refractivity contribution in [3.8, 4) is 5.75 Å². The fourth-order valence-corrected chi connectivity index (χ4v) is 6.21. The first-order valence-corrected chi connectivity index (χ1v) is 12.8. The van der Waals surface area contributed by atoms with Crippen molar-refractivity contribution in [1.82, 2.24) is 0 Å². The minimum atomic E-state index is -4.10. The number of phenols is 1.